The molecule has 5 aliphatic heterocycles. The second kappa shape index (κ2) is 12.4. The summed E-state index contributed by atoms with van der Waals surface area (Å²) in [6, 6.07) is 0. The zero-order valence-corrected chi connectivity index (χ0v) is 27.4. The van der Waals surface area contributed by atoms with Crippen molar-refractivity contribution in [2.24, 2.45) is 23.2 Å². The van der Waals surface area contributed by atoms with Gasteiger partial charge in [0.25, 0.3) is 0 Å². The van der Waals surface area contributed by atoms with E-state index in [1.807, 2.05) is 20.1 Å². The Morgan fingerprint density at radius 2 is 1.80 bits per heavy atom. The standard InChI is InChI=1S/C34H50O12/c1-16-27(36)23(35)13-25(42-16)46-29-17(2)43-32(28(37)30(29)39-5)44-20-10-11-33(3)19(12-20)7-8-21-22(33)9-6-18-14-40-34(4)26(18)24(15-41-34)45-31(21)38/h7,14,16-17,20-30,32,35-37H,6,8-13,15H2,1-5H3. The van der Waals surface area contributed by atoms with E-state index in [9.17, 15) is 20.1 Å². The average molecular weight is 651 g/mol. The van der Waals surface area contributed by atoms with Crippen LogP contribution in [-0.4, -0.2) is 108 Å². The van der Waals surface area contributed by atoms with Crippen LogP contribution in [0.4, 0.5) is 0 Å². The summed E-state index contributed by atoms with van der Waals surface area (Å²) in [6.07, 6.45) is 0.901. The summed E-state index contributed by atoms with van der Waals surface area (Å²) in [4.78, 5) is 13.6. The van der Waals surface area contributed by atoms with Gasteiger partial charge in [0, 0.05) is 20.5 Å². The quantitative estimate of drug-likeness (QED) is 0.296. The van der Waals surface area contributed by atoms with Crippen molar-refractivity contribution in [1.82, 2.24) is 0 Å². The second-order valence-corrected chi connectivity index (χ2v) is 14.8. The van der Waals surface area contributed by atoms with Crippen LogP contribution < -0.4 is 0 Å². The highest BCUT2D eigenvalue weighted by Gasteiger charge is 2.58. The molecule has 12 nitrogen and oxygen atoms in total. The monoisotopic (exact) mass is 650 g/mol. The van der Waals surface area contributed by atoms with E-state index in [1.165, 1.54) is 18.3 Å². The van der Waals surface area contributed by atoms with E-state index >= 15 is 0 Å². The number of fused-ring (bicyclic) bond motifs is 3. The van der Waals surface area contributed by atoms with Gasteiger partial charge < -0.3 is 53.2 Å². The second-order valence-electron chi connectivity index (χ2n) is 14.8. The number of rotatable bonds is 5. The molecule has 0 radical (unpaired) electrons. The molecule has 16 atom stereocenters. The topological polar surface area (TPSA) is 152 Å². The molecule has 5 heterocycles. The Bertz CT molecular complexity index is 1210. The number of aliphatic hydroxyl groups is 3. The average Bonchev–Trinajstić information content (AvgIpc) is 3.53. The van der Waals surface area contributed by atoms with Crippen molar-refractivity contribution in [3.05, 3.63) is 23.5 Å². The lowest BCUT2D eigenvalue weighted by atomic mass is 9.55. The molecule has 0 bridgehead atoms. The van der Waals surface area contributed by atoms with Crippen molar-refractivity contribution < 1.29 is 58.0 Å². The molecule has 0 amide bonds. The molecule has 12 heteroatoms. The van der Waals surface area contributed by atoms with E-state index in [1.54, 1.807) is 6.92 Å². The number of ether oxygens (including phenoxy) is 8. The van der Waals surface area contributed by atoms with Crippen LogP contribution >= 0.6 is 0 Å². The van der Waals surface area contributed by atoms with Crippen LogP contribution in [0.1, 0.15) is 72.6 Å². The number of methoxy groups -OCH3 is 1. The van der Waals surface area contributed by atoms with Gasteiger partial charge in [-0.15, -0.1) is 0 Å². The predicted molar refractivity (Wildman–Crippen MR) is 160 cm³/mol. The Balaban J connectivity index is 1.01. The zero-order valence-electron chi connectivity index (χ0n) is 27.4. The Morgan fingerprint density at radius 3 is 2.57 bits per heavy atom. The first-order valence-electron chi connectivity index (χ1n) is 17.0. The van der Waals surface area contributed by atoms with Crippen molar-refractivity contribution in [2.75, 3.05) is 13.7 Å². The molecule has 16 unspecified atom stereocenters. The molecule has 0 spiro atoms. The van der Waals surface area contributed by atoms with Gasteiger partial charge in [0.05, 0.1) is 49.1 Å². The molecule has 1 saturated carbocycles. The third-order valence-electron chi connectivity index (χ3n) is 12.1. The smallest absolute Gasteiger partial charge is 0.309 e. The highest BCUT2D eigenvalue weighted by atomic mass is 16.7. The van der Waals surface area contributed by atoms with Crippen LogP contribution in [0.15, 0.2) is 23.5 Å². The number of allylic oxidation sites excluding steroid dienone is 1. The first-order valence-corrected chi connectivity index (χ1v) is 17.0. The van der Waals surface area contributed by atoms with E-state index in [0.717, 1.165) is 25.7 Å². The third kappa shape index (κ3) is 5.55. The van der Waals surface area contributed by atoms with Gasteiger partial charge in [0.15, 0.2) is 12.6 Å². The Morgan fingerprint density at radius 1 is 1.00 bits per heavy atom. The van der Waals surface area contributed by atoms with Crippen molar-refractivity contribution in [3.8, 4) is 0 Å². The van der Waals surface area contributed by atoms with Gasteiger partial charge >= 0.3 is 5.97 Å². The minimum absolute atomic E-state index is 0.0653. The lowest BCUT2D eigenvalue weighted by molar-refractivity contribution is -0.343. The van der Waals surface area contributed by atoms with E-state index < -0.39 is 61.1 Å². The summed E-state index contributed by atoms with van der Waals surface area (Å²) in [7, 11) is 1.51. The molecular formula is C34H50O12. The van der Waals surface area contributed by atoms with Gasteiger partial charge in [0.1, 0.15) is 30.5 Å². The predicted octanol–water partition coefficient (Wildman–Crippen LogP) is 2.47. The Hall–Kier alpha value is -1.61. The summed E-state index contributed by atoms with van der Waals surface area (Å²) in [6.45, 7) is 8.08. The molecule has 4 saturated heterocycles. The van der Waals surface area contributed by atoms with Gasteiger partial charge in [0.2, 0.25) is 5.79 Å². The van der Waals surface area contributed by atoms with E-state index in [4.69, 9.17) is 37.9 Å². The number of carbonyl (C=O) groups excluding carboxylic acids is 1. The van der Waals surface area contributed by atoms with Gasteiger partial charge in [-0.3, -0.25) is 4.79 Å². The summed E-state index contributed by atoms with van der Waals surface area (Å²) >= 11 is 0. The van der Waals surface area contributed by atoms with E-state index in [0.29, 0.717) is 19.4 Å². The van der Waals surface area contributed by atoms with Crippen molar-refractivity contribution in [1.29, 1.82) is 0 Å². The maximum absolute atomic E-state index is 13.6. The fraction of sp³-hybridized carbons (Fsp3) is 0.853. The van der Waals surface area contributed by atoms with Crippen molar-refractivity contribution in [3.63, 3.8) is 0 Å². The molecule has 5 fully saturated rings. The van der Waals surface area contributed by atoms with Crippen LogP contribution in [0.3, 0.4) is 0 Å². The van der Waals surface area contributed by atoms with Crippen LogP contribution in [0.25, 0.3) is 0 Å². The third-order valence-corrected chi connectivity index (χ3v) is 12.1. The minimum Gasteiger partial charge on any atom is -0.469 e. The normalized spacial score (nSPS) is 52.0. The first-order chi connectivity index (χ1) is 21.9. The van der Waals surface area contributed by atoms with E-state index in [2.05, 4.69) is 13.0 Å². The van der Waals surface area contributed by atoms with Gasteiger partial charge in [-0.2, -0.15) is 0 Å². The highest BCUT2D eigenvalue weighted by Crippen LogP contribution is 2.57. The zero-order chi connectivity index (χ0) is 32.5. The molecular weight excluding hydrogens is 600 g/mol. The number of esters is 1. The van der Waals surface area contributed by atoms with E-state index in [-0.39, 0.29) is 47.8 Å². The van der Waals surface area contributed by atoms with Gasteiger partial charge in [-0.25, -0.2) is 0 Å². The van der Waals surface area contributed by atoms with Crippen LogP contribution in [0, 0.1) is 23.2 Å². The summed E-state index contributed by atoms with van der Waals surface area (Å²) in [5.74, 6) is -1.04. The fourth-order valence-electron chi connectivity index (χ4n) is 9.35. The molecule has 0 aromatic carbocycles. The summed E-state index contributed by atoms with van der Waals surface area (Å²) in [5.41, 5.74) is 2.28. The van der Waals surface area contributed by atoms with Gasteiger partial charge in [-0.05, 0) is 69.3 Å². The molecule has 3 N–H and O–H groups in total. The van der Waals surface area contributed by atoms with Crippen LogP contribution in [-0.2, 0) is 42.7 Å². The van der Waals surface area contributed by atoms with Gasteiger partial charge in [-0.1, -0.05) is 18.6 Å². The fourth-order valence-corrected chi connectivity index (χ4v) is 9.35. The minimum atomic E-state index is -1.12. The first kappa shape index (κ1) is 32.9. The lowest BCUT2D eigenvalue weighted by Crippen LogP contribution is -2.61. The van der Waals surface area contributed by atoms with Crippen LogP contribution in [0.5, 0.6) is 0 Å². The maximum atomic E-state index is 13.6. The van der Waals surface area contributed by atoms with Crippen molar-refractivity contribution in [2.45, 2.75) is 146 Å². The number of hydrogen-bond acceptors (Lipinski definition) is 12. The largest absolute Gasteiger partial charge is 0.469 e. The molecule has 2 aliphatic carbocycles. The lowest BCUT2D eigenvalue weighted by Gasteiger charge is -2.51. The highest BCUT2D eigenvalue weighted by molar-refractivity contribution is 5.74. The maximum Gasteiger partial charge on any atom is 0.309 e. The number of carbonyl (C=O) groups is 1. The summed E-state index contributed by atoms with van der Waals surface area (Å²) < 4.78 is 48.2. The molecule has 46 heavy (non-hydrogen) atoms. The molecule has 258 valence electrons. The molecule has 0 aromatic heterocycles. The molecule has 7 aliphatic rings. The Labute approximate surface area is 270 Å². The van der Waals surface area contributed by atoms with Crippen LogP contribution in [0.2, 0.25) is 0 Å². The van der Waals surface area contributed by atoms with Crippen molar-refractivity contribution >= 4 is 5.97 Å². The molecule has 7 rings (SSSR count). The summed E-state index contributed by atoms with van der Waals surface area (Å²) in [5, 5.41) is 31.6. The SMILES string of the molecule is COC1C(O)C(OC2CCC3(C)C(=CCC4C(=O)OC5COC6(C)OC=C(CCC43)C56)C2)OC(C)C1OC1CC(O)C(O)C(C)O1. The Kier molecular flexibility index (Phi) is 8.85. The number of aliphatic hydroxyl groups excluding tert-OH is 3. The molecule has 0 aromatic rings. The number of hydrogen-bond donors (Lipinski definition) is 3.